The van der Waals surface area contributed by atoms with Gasteiger partial charge in [0.1, 0.15) is 0 Å². The van der Waals surface area contributed by atoms with Crippen molar-refractivity contribution >= 4 is 21.6 Å². The zero-order chi connectivity index (χ0) is 11.3. The minimum atomic E-state index is -3.43. The van der Waals surface area contributed by atoms with Gasteiger partial charge in [0.15, 0.2) is 5.03 Å². The molecule has 15 heavy (non-hydrogen) atoms. The van der Waals surface area contributed by atoms with Crippen LogP contribution in [0.3, 0.4) is 0 Å². The molecule has 1 aromatic rings. The predicted octanol–water partition coefficient (Wildman–Crippen LogP) is 1.10. The lowest BCUT2D eigenvalue weighted by molar-refractivity contribution is 0.573. The van der Waals surface area contributed by atoms with E-state index < -0.39 is 10.0 Å². The van der Waals surface area contributed by atoms with E-state index in [0.29, 0.717) is 6.54 Å². The largest absolute Gasteiger partial charge is 0.335 e. The van der Waals surface area contributed by atoms with Gasteiger partial charge < -0.3 is 4.98 Å². The average molecular weight is 252 g/mol. The molecule has 1 unspecified atom stereocenters. The van der Waals surface area contributed by atoms with Gasteiger partial charge in [-0.1, -0.05) is 0 Å². The quantitative estimate of drug-likeness (QED) is 0.587. The monoisotopic (exact) mass is 251 g/mol. The second-order valence-corrected chi connectivity index (χ2v) is 5.72. The molecule has 1 atom stereocenters. The number of rotatable bonds is 6. The van der Waals surface area contributed by atoms with E-state index in [4.69, 9.17) is 11.6 Å². The molecule has 2 N–H and O–H groups in total. The Balaban J connectivity index is 2.39. The van der Waals surface area contributed by atoms with E-state index >= 15 is 0 Å². The Hall–Kier alpha value is -0.590. The summed E-state index contributed by atoms with van der Waals surface area (Å²) in [5.74, 6) is 0. The third kappa shape index (κ3) is 4.19. The summed E-state index contributed by atoms with van der Waals surface area (Å²) >= 11 is 5.73. The molecule has 0 saturated carbocycles. The average Bonchev–Trinajstić information content (AvgIpc) is 2.65. The maximum atomic E-state index is 11.5. The number of hydrogen-bond acceptors (Lipinski definition) is 3. The van der Waals surface area contributed by atoms with Crippen LogP contribution in [0.4, 0.5) is 0 Å². The molecule has 1 aromatic heterocycles. The van der Waals surface area contributed by atoms with Gasteiger partial charge in [-0.15, -0.1) is 11.6 Å². The number of nitrogens with zero attached hydrogens (tertiary/aromatic N) is 1. The van der Waals surface area contributed by atoms with Crippen molar-refractivity contribution in [1.29, 1.82) is 0 Å². The number of alkyl halides is 1. The van der Waals surface area contributed by atoms with E-state index in [1.165, 1.54) is 12.5 Å². The lowest BCUT2D eigenvalue weighted by Gasteiger charge is -2.05. The Morgan fingerprint density at radius 1 is 1.67 bits per heavy atom. The van der Waals surface area contributed by atoms with Crippen LogP contribution in [-0.2, 0) is 10.0 Å². The van der Waals surface area contributed by atoms with Crippen molar-refractivity contribution in [2.45, 2.75) is 30.2 Å². The number of sulfonamides is 1. The van der Waals surface area contributed by atoms with Crippen molar-refractivity contribution in [2.75, 3.05) is 6.54 Å². The third-order valence-electron chi connectivity index (χ3n) is 1.83. The van der Waals surface area contributed by atoms with E-state index in [2.05, 4.69) is 14.7 Å². The molecule has 0 aliphatic heterocycles. The molecule has 5 nitrogen and oxygen atoms in total. The minimum absolute atomic E-state index is 0.0710. The molecular formula is C8H14ClN3O2S. The van der Waals surface area contributed by atoms with E-state index in [1.54, 1.807) is 0 Å². The summed E-state index contributed by atoms with van der Waals surface area (Å²) < 4.78 is 25.5. The number of aromatic nitrogens is 2. The SMILES string of the molecule is CC(Cl)CCCNS(=O)(=O)c1cnc[nH]1. The van der Waals surface area contributed by atoms with E-state index in [0.717, 1.165) is 12.8 Å². The summed E-state index contributed by atoms with van der Waals surface area (Å²) in [5.41, 5.74) is 0. The van der Waals surface area contributed by atoms with Gasteiger partial charge >= 0.3 is 0 Å². The van der Waals surface area contributed by atoms with Gasteiger partial charge in [-0.25, -0.2) is 18.1 Å². The van der Waals surface area contributed by atoms with Crippen LogP contribution < -0.4 is 4.72 Å². The summed E-state index contributed by atoms with van der Waals surface area (Å²) in [7, 11) is -3.43. The Labute approximate surface area is 94.3 Å². The lowest BCUT2D eigenvalue weighted by atomic mass is 10.2. The number of nitrogens with one attached hydrogen (secondary N) is 2. The minimum Gasteiger partial charge on any atom is -0.335 e. The van der Waals surface area contributed by atoms with Crippen LogP contribution >= 0.6 is 11.6 Å². The van der Waals surface area contributed by atoms with Crippen LogP contribution in [0.15, 0.2) is 17.6 Å². The molecule has 0 fully saturated rings. The number of halogens is 1. The van der Waals surface area contributed by atoms with Crippen LogP contribution in [0.1, 0.15) is 19.8 Å². The number of H-pyrrole nitrogens is 1. The van der Waals surface area contributed by atoms with Crippen molar-refractivity contribution in [1.82, 2.24) is 14.7 Å². The molecule has 0 saturated heterocycles. The van der Waals surface area contributed by atoms with Gasteiger partial charge in [-0.05, 0) is 19.8 Å². The molecule has 0 amide bonds. The molecule has 86 valence electrons. The molecule has 1 heterocycles. The zero-order valence-corrected chi connectivity index (χ0v) is 9.98. The molecule has 0 aliphatic carbocycles. The smallest absolute Gasteiger partial charge is 0.257 e. The first-order valence-corrected chi connectivity index (χ1v) is 6.56. The molecule has 0 bridgehead atoms. The second-order valence-electron chi connectivity index (χ2n) is 3.24. The second kappa shape index (κ2) is 5.48. The van der Waals surface area contributed by atoms with Crippen LogP contribution in [0, 0.1) is 0 Å². The molecular weight excluding hydrogens is 238 g/mol. The zero-order valence-electron chi connectivity index (χ0n) is 8.40. The third-order valence-corrected chi connectivity index (χ3v) is 3.44. The first kappa shape index (κ1) is 12.5. The highest BCUT2D eigenvalue weighted by Crippen LogP contribution is 2.05. The Kier molecular flexibility index (Phi) is 4.56. The summed E-state index contributed by atoms with van der Waals surface area (Å²) in [6.07, 6.45) is 4.10. The van der Waals surface area contributed by atoms with E-state index in [1.807, 2.05) is 6.92 Å². The van der Waals surface area contributed by atoms with Crippen LogP contribution in [0.25, 0.3) is 0 Å². The van der Waals surface area contributed by atoms with Gasteiger partial charge in [0.25, 0.3) is 10.0 Å². The van der Waals surface area contributed by atoms with Crippen LogP contribution in [0.5, 0.6) is 0 Å². The molecule has 0 spiro atoms. The van der Waals surface area contributed by atoms with Gasteiger partial charge in [0.05, 0.1) is 12.5 Å². The molecule has 0 aliphatic rings. The predicted molar refractivity (Wildman–Crippen MR) is 58.3 cm³/mol. The fourth-order valence-electron chi connectivity index (χ4n) is 1.06. The van der Waals surface area contributed by atoms with Crippen molar-refractivity contribution in [2.24, 2.45) is 0 Å². The fourth-order valence-corrected chi connectivity index (χ4v) is 2.19. The highest BCUT2D eigenvalue weighted by atomic mass is 35.5. The summed E-state index contributed by atoms with van der Waals surface area (Å²) in [5, 5.41) is 0.156. The van der Waals surface area contributed by atoms with Crippen LogP contribution in [-0.4, -0.2) is 30.3 Å². The number of imidazole rings is 1. The van der Waals surface area contributed by atoms with E-state index in [-0.39, 0.29) is 10.4 Å². The van der Waals surface area contributed by atoms with Crippen molar-refractivity contribution in [3.63, 3.8) is 0 Å². The summed E-state index contributed by atoms with van der Waals surface area (Å²) in [6, 6.07) is 0. The molecule has 1 rings (SSSR count). The molecule has 0 aromatic carbocycles. The van der Waals surface area contributed by atoms with Crippen molar-refractivity contribution in [3.05, 3.63) is 12.5 Å². The lowest BCUT2D eigenvalue weighted by Crippen LogP contribution is -2.25. The van der Waals surface area contributed by atoms with Gasteiger partial charge in [0, 0.05) is 11.9 Å². The fraction of sp³-hybridized carbons (Fsp3) is 0.625. The summed E-state index contributed by atoms with van der Waals surface area (Å²) in [4.78, 5) is 6.19. The Morgan fingerprint density at radius 3 is 2.93 bits per heavy atom. The van der Waals surface area contributed by atoms with Gasteiger partial charge in [0.2, 0.25) is 0 Å². The first-order valence-electron chi connectivity index (χ1n) is 4.64. The van der Waals surface area contributed by atoms with Crippen molar-refractivity contribution in [3.8, 4) is 0 Å². The Bertz CT molecular complexity index is 375. The van der Waals surface area contributed by atoms with Gasteiger partial charge in [-0.3, -0.25) is 0 Å². The van der Waals surface area contributed by atoms with Crippen molar-refractivity contribution < 1.29 is 8.42 Å². The number of aromatic amines is 1. The first-order chi connectivity index (χ1) is 7.02. The standard InChI is InChI=1S/C8H14ClN3O2S/c1-7(9)3-2-4-12-15(13,14)8-5-10-6-11-8/h5-7,12H,2-4H2,1H3,(H,10,11). The highest BCUT2D eigenvalue weighted by Gasteiger charge is 2.14. The molecule has 0 radical (unpaired) electrons. The molecule has 7 heteroatoms. The Morgan fingerprint density at radius 2 is 2.40 bits per heavy atom. The normalized spacial score (nSPS) is 14.0. The highest BCUT2D eigenvalue weighted by molar-refractivity contribution is 7.89. The maximum absolute atomic E-state index is 11.5. The summed E-state index contributed by atoms with van der Waals surface area (Å²) in [6.45, 7) is 2.27. The van der Waals surface area contributed by atoms with Crippen LogP contribution in [0.2, 0.25) is 0 Å². The van der Waals surface area contributed by atoms with E-state index in [9.17, 15) is 8.42 Å². The van der Waals surface area contributed by atoms with Gasteiger partial charge in [-0.2, -0.15) is 0 Å². The maximum Gasteiger partial charge on any atom is 0.257 e. The topological polar surface area (TPSA) is 74.8 Å². The number of hydrogen-bond donors (Lipinski definition) is 2.